The summed E-state index contributed by atoms with van der Waals surface area (Å²) in [6, 6.07) is 17.8. The van der Waals surface area contributed by atoms with E-state index in [0.29, 0.717) is 12.3 Å². The largest absolute Gasteiger partial charge is 0.338 e. The van der Waals surface area contributed by atoms with E-state index in [1.807, 2.05) is 49.4 Å². The van der Waals surface area contributed by atoms with Gasteiger partial charge in [0.05, 0.1) is 11.3 Å². The maximum atomic E-state index is 13.4. The van der Waals surface area contributed by atoms with Gasteiger partial charge in [-0.2, -0.15) is 0 Å². The molecule has 0 fully saturated rings. The highest BCUT2D eigenvalue weighted by molar-refractivity contribution is 6.01. The molecule has 2 aromatic carbocycles. The number of benzene rings is 2. The number of nitrogens with zero attached hydrogens (tertiary/aromatic N) is 1. The van der Waals surface area contributed by atoms with Crippen molar-refractivity contribution < 1.29 is 14.1 Å². The fraction of sp³-hybridized carbons (Fsp3) is 0.240. The highest BCUT2D eigenvalue weighted by Gasteiger charge is 2.41. The number of amides is 1. The zero-order valence-electron chi connectivity index (χ0n) is 17.4. The molecule has 1 aromatic heterocycles. The topological polar surface area (TPSA) is 84.2 Å². The van der Waals surface area contributed by atoms with E-state index in [1.165, 1.54) is 12.5 Å². The van der Waals surface area contributed by atoms with Gasteiger partial charge in [-0.15, -0.1) is 0 Å². The Balaban J connectivity index is 1.57. The van der Waals surface area contributed by atoms with E-state index in [-0.39, 0.29) is 23.5 Å². The van der Waals surface area contributed by atoms with Crippen LogP contribution < -0.4 is 10.6 Å². The minimum absolute atomic E-state index is 0.119. The Morgan fingerprint density at radius 1 is 1.06 bits per heavy atom. The molecule has 3 aromatic rings. The van der Waals surface area contributed by atoms with Crippen molar-refractivity contribution in [2.75, 3.05) is 10.6 Å². The van der Waals surface area contributed by atoms with Gasteiger partial charge in [0, 0.05) is 36.2 Å². The Morgan fingerprint density at radius 2 is 1.81 bits per heavy atom. The number of ketones is 1. The highest BCUT2D eigenvalue weighted by atomic mass is 16.5. The highest BCUT2D eigenvalue weighted by Crippen LogP contribution is 2.49. The molecule has 0 unspecified atom stereocenters. The standard InChI is InChI=1S/C25H23N3O3/c1-14-22-23(17-8-10-19(11-9-17)26-15(2)29)24-20(27-25(22)31-28-14)12-18(13-21(24)30)16-6-4-3-5-7-16/h3-11,18,23,27H,12-13H2,1-2H3,(H,26,29)/t18-,23-/m1/s1. The van der Waals surface area contributed by atoms with Crippen LogP contribution >= 0.6 is 0 Å². The number of aryl methyl sites for hydroxylation is 1. The minimum atomic E-state index is -0.242. The lowest BCUT2D eigenvalue weighted by Gasteiger charge is -2.34. The summed E-state index contributed by atoms with van der Waals surface area (Å²) in [5, 5.41) is 10.3. The number of nitrogens with one attached hydrogen (secondary N) is 2. The number of carbonyl (C=O) groups excluding carboxylic acids is 2. The van der Waals surface area contributed by atoms with E-state index in [9.17, 15) is 9.59 Å². The Bertz CT molecular complexity index is 1190. The predicted molar refractivity (Wildman–Crippen MR) is 118 cm³/mol. The van der Waals surface area contributed by atoms with Gasteiger partial charge >= 0.3 is 0 Å². The summed E-state index contributed by atoms with van der Waals surface area (Å²) in [6.07, 6.45) is 1.22. The Morgan fingerprint density at radius 3 is 2.52 bits per heavy atom. The first kappa shape index (κ1) is 19.3. The van der Waals surface area contributed by atoms with Crippen LogP contribution in [0.5, 0.6) is 0 Å². The van der Waals surface area contributed by atoms with Crippen LogP contribution in [-0.2, 0) is 9.59 Å². The second-order valence-corrected chi connectivity index (χ2v) is 8.20. The van der Waals surface area contributed by atoms with Crippen LogP contribution in [0.4, 0.5) is 11.6 Å². The number of allylic oxidation sites excluding steroid dienone is 2. The van der Waals surface area contributed by atoms with Crippen LogP contribution in [-0.4, -0.2) is 16.8 Å². The van der Waals surface area contributed by atoms with Gasteiger partial charge in [0.1, 0.15) is 0 Å². The molecule has 0 bridgehead atoms. The van der Waals surface area contributed by atoms with Gasteiger partial charge in [-0.25, -0.2) is 0 Å². The van der Waals surface area contributed by atoms with Crippen LogP contribution in [0.25, 0.3) is 0 Å². The molecule has 2 N–H and O–H groups in total. The number of hydrogen-bond donors (Lipinski definition) is 2. The molecular formula is C25H23N3O3. The third-order valence-corrected chi connectivity index (χ3v) is 6.09. The van der Waals surface area contributed by atoms with Crippen molar-refractivity contribution in [3.05, 3.63) is 88.3 Å². The van der Waals surface area contributed by atoms with Crippen LogP contribution in [0.1, 0.15) is 54.0 Å². The van der Waals surface area contributed by atoms with E-state index in [0.717, 1.165) is 40.2 Å². The first-order valence-electron chi connectivity index (χ1n) is 10.4. The number of Topliss-reactive ketones (excluding diaryl/α,β-unsaturated/α-hetero) is 1. The van der Waals surface area contributed by atoms with Gasteiger partial charge in [0.25, 0.3) is 0 Å². The second-order valence-electron chi connectivity index (χ2n) is 8.20. The van der Waals surface area contributed by atoms with Gasteiger partial charge in [0.15, 0.2) is 5.78 Å². The van der Waals surface area contributed by atoms with Gasteiger partial charge in [0.2, 0.25) is 11.8 Å². The van der Waals surface area contributed by atoms with E-state index in [1.54, 1.807) is 0 Å². The predicted octanol–water partition coefficient (Wildman–Crippen LogP) is 4.90. The molecular weight excluding hydrogens is 390 g/mol. The second kappa shape index (κ2) is 7.54. The summed E-state index contributed by atoms with van der Waals surface area (Å²) in [5.41, 5.74) is 6.23. The summed E-state index contributed by atoms with van der Waals surface area (Å²) in [5.74, 6) is 0.520. The lowest BCUT2D eigenvalue weighted by Crippen LogP contribution is -2.29. The summed E-state index contributed by atoms with van der Waals surface area (Å²) in [4.78, 5) is 24.8. The zero-order valence-corrected chi connectivity index (χ0v) is 17.4. The number of fused-ring (bicyclic) bond motifs is 1. The van der Waals surface area contributed by atoms with Crippen LogP contribution in [0.2, 0.25) is 0 Å². The molecule has 0 saturated carbocycles. The van der Waals surface area contributed by atoms with E-state index in [4.69, 9.17) is 4.52 Å². The van der Waals surface area contributed by atoms with E-state index in [2.05, 4.69) is 27.9 Å². The van der Waals surface area contributed by atoms with Crippen LogP contribution in [0.15, 0.2) is 70.4 Å². The summed E-state index contributed by atoms with van der Waals surface area (Å²) >= 11 is 0. The molecule has 1 aliphatic heterocycles. The van der Waals surface area contributed by atoms with Crippen molar-refractivity contribution in [3.63, 3.8) is 0 Å². The van der Waals surface area contributed by atoms with Crippen molar-refractivity contribution in [3.8, 4) is 0 Å². The summed E-state index contributed by atoms with van der Waals surface area (Å²) in [6.45, 7) is 3.38. The average molecular weight is 413 g/mol. The van der Waals surface area contributed by atoms with Crippen molar-refractivity contribution in [2.24, 2.45) is 0 Å². The normalized spacial score (nSPS) is 20.0. The van der Waals surface area contributed by atoms with Gasteiger partial charge in [-0.3, -0.25) is 9.59 Å². The number of aromatic nitrogens is 1. The number of rotatable bonds is 3. The van der Waals surface area contributed by atoms with Crippen molar-refractivity contribution in [1.29, 1.82) is 0 Å². The van der Waals surface area contributed by atoms with E-state index >= 15 is 0 Å². The number of hydrogen-bond acceptors (Lipinski definition) is 5. The lowest BCUT2D eigenvalue weighted by molar-refractivity contribution is -0.116. The third kappa shape index (κ3) is 3.44. The minimum Gasteiger partial charge on any atom is -0.338 e. The molecule has 31 heavy (non-hydrogen) atoms. The van der Waals surface area contributed by atoms with Gasteiger partial charge in [-0.1, -0.05) is 47.6 Å². The molecule has 6 nitrogen and oxygen atoms in total. The quantitative estimate of drug-likeness (QED) is 0.638. The van der Waals surface area contributed by atoms with Gasteiger partial charge in [-0.05, 0) is 42.5 Å². The van der Waals surface area contributed by atoms with Crippen LogP contribution in [0.3, 0.4) is 0 Å². The summed E-state index contributed by atoms with van der Waals surface area (Å²) in [7, 11) is 0. The molecule has 1 amide bonds. The molecule has 0 spiro atoms. The first-order valence-corrected chi connectivity index (χ1v) is 10.4. The van der Waals surface area contributed by atoms with Gasteiger partial charge < -0.3 is 15.2 Å². The fourth-order valence-corrected chi connectivity index (χ4v) is 4.73. The van der Waals surface area contributed by atoms with E-state index < -0.39 is 0 Å². The Kier molecular flexibility index (Phi) is 4.70. The average Bonchev–Trinajstić information content (AvgIpc) is 3.13. The van der Waals surface area contributed by atoms with Crippen molar-refractivity contribution in [1.82, 2.24) is 5.16 Å². The van der Waals surface area contributed by atoms with Crippen LogP contribution in [0, 0.1) is 6.92 Å². The maximum absolute atomic E-state index is 13.4. The molecule has 2 aliphatic rings. The molecule has 156 valence electrons. The van der Waals surface area contributed by atoms with Crippen molar-refractivity contribution in [2.45, 2.75) is 38.5 Å². The Hall–Kier alpha value is -3.67. The smallest absolute Gasteiger partial charge is 0.233 e. The SMILES string of the molecule is CC(=O)Nc1ccc([C@H]2C3=C(C[C@@H](c4ccccc4)CC3=O)Nc3onc(C)c32)cc1. The summed E-state index contributed by atoms with van der Waals surface area (Å²) < 4.78 is 5.58. The monoisotopic (exact) mass is 413 g/mol. The molecule has 0 saturated heterocycles. The lowest BCUT2D eigenvalue weighted by atomic mass is 9.72. The fourth-order valence-electron chi connectivity index (χ4n) is 4.73. The molecule has 2 heterocycles. The Labute approximate surface area is 180 Å². The molecule has 5 rings (SSSR count). The van der Waals surface area contributed by atoms with Crippen molar-refractivity contribution >= 4 is 23.3 Å². The maximum Gasteiger partial charge on any atom is 0.233 e. The number of carbonyl (C=O) groups is 2. The zero-order chi connectivity index (χ0) is 21.5. The molecule has 2 atom stereocenters. The molecule has 0 radical (unpaired) electrons. The number of anilines is 2. The molecule has 6 heteroatoms. The molecule has 1 aliphatic carbocycles. The first-order chi connectivity index (χ1) is 15.0. The third-order valence-electron chi connectivity index (χ3n) is 6.09.